The van der Waals surface area contributed by atoms with E-state index in [1.54, 1.807) is 17.2 Å². The Kier molecular flexibility index (Phi) is 3.30. The maximum Gasteiger partial charge on any atom is 0.121 e. The van der Waals surface area contributed by atoms with Crippen LogP contribution in [-0.2, 0) is 16.6 Å². The Hall–Kier alpha value is -1.37. The van der Waals surface area contributed by atoms with Crippen molar-refractivity contribution in [2.45, 2.75) is 44.1 Å². The van der Waals surface area contributed by atoms with Gasteiger partial charge in [-0.05, 0) is 62.2 Å². The lowest BCUT2D eigenvalue weighted by molar-refractivity contribution is 0.140. The maximum atomic E-state index is 10.5. The Labute approximate surface area is 115 Å². The van der Waals surface area contributed by atoms with E-state index in [2.05, 4.69) is 36.1 Å². The van der Waals surface area contributed by atoms with Crippen molar-refractivity contribution in [3.8, 4) is 0 Å². The highest BCUT2D eigenvalue weighted by Gasteiger charge is 2.41. The fourth-order valence-electron chi connectivity index (χ4n) is 3.85. The number of fused-ring (bicyclic) bond motifs is 2. The van der Waals surface area contributed by atoms with Gasteiger partial charge in [0.05, 0.1) is 0 Å². The number of likely N-dealkylation sites (tertiary alicyclic amines) is 1. The maximum absolute atomic E-state index is 10.5. The summed E-state index contributed by atoms with van der Waals surface area (Å²) in [7, 11) is 0. The van der Waals surface area contributed by atoms with Crippen molar-refractivity contribution >= 4 is 5.94 Å². The van der Waals surface area contributed by atoms with Crippen molar-refractivity contribution in [2.24, 2.45) is 0 Å². The molecular weight excluding hydrogens is 234 g/mol. The van der Waals surface area contributed by atoms with Gasteiger partial charge >= 0.3 is 0 Å². The molecule has 0 bridgehead atoms. The molecule has 2 aliphatic rings. The third-order valence-electron chi connectivity index (χ3n) is 5.10. The first-order chi connectivity index (χ1) is 9.25. The average Bonchev–Trinajstić information content (AvgIpc) is 2.80. The van der Waals surface area contributed by atoms with E-state index >= 15 is 0 Å². The van der Waals surface area contributed by atoms with Crippen LogP contribution in [0.15, 0.2) is 30.3 Å². The molecule has 1 aliphatic carbocycles. The quantitative estimate of drug-likeness (QED) is 0.757. The van der Waals surface area contributed by atoms with E-state index < -0.39 is 0 Å². The van der Waals surface area contributed by atoms with E-state index in [1.807, 2.05) is 5.94 Å². The topological polar surface area (TPSA) is 20.3 Å². The first kappa shape index (κ1) is 12.7. The molecule has 1 atom stereocenters. The van der Waals surface area contributed by atoms with Gasteiger partial charge in [-0.25, -0.2) is 4.79 Å². The van der Waals surface area contributed by atoms with Gasteiger partial charge < -0.3 is 0 Å². The van der Waals surface area contributed by atoms with Gasteiger partial charge in [0, 0.05) is 12.1 Å². The highest BCUT2D eigenvalue weighted by Crippen LogP contribution is 2.46. The van der Waals surface area contributed by atoms with Crippen molar-refractivity contribution in [3.05, 3.63) is 41.5 Å². The van der Waals surface area contributed by atoms with Gasteiger partial charge in [0.2, 0.25) is 0 Å². The first-order valence-electron chi connectivity index (χ1n) is 7.29. The Morgan fingerprint density at radius 2 is 2.00 bits per heavy atom. The van der Waals surface area contributed by atoms with E-state index in [1.165, 1.54) is 25.7 Å². The minimum atomic E-state index is 0.228. The Morgan fingerprint density at radius 3 is 2.74 bits per heavy atom. The van der Waals surface area contributed by atoms with Crippen LogP contribution >= 0.6 is 0 Å². The second-order valence-electron chi connectivity index (χ2n) is 6.00. The third kappa shape index (κ3) is 2.16. The molecule has 19 heavy (non-hydrogen) atoms. The number of piperidine rings is 1. The molecule has 1 spiro atoms. The summed E-state index contributed by atoms with van der Waals surface area (Å²) in [5, 5.41) is 0. The normalized spacial score (nSPS) is 22.8. The minimum absolute atomic E-state index is 0.228. The molecule has 1 fully saturated rings. The summed E-state index contributed by atoms with van der Waals surface area (Å²) >= 11 is 0. The number of benzene rings is 1. The van der Waals surface area contributed by atoms with Crippen LogP contribution in [0.1, 0.15) is 37.3 Å². The van der Waals surface area contributed by atoms with Gasteiger partial charge in [-0.15, -0.1) is 0 Å². The molecule has 1 aromatic rings. The summed E-state index contributed by atoms with van der Waals surface area (Å²) in [6.45, 7) is 4.27. The van der Waals surface area contributed by atoms with E-state index in [9.17, 15) is 4.79 Å². The van der Waals surface area contributed by atoms with E-state index in [4.69, 9.17) is 0 Å². The van der Waals surface area contributed by atoms with Gasteiger partial charge in [-0.2, -0.15) is 0 Å². The second-order valence-corrected chi connectivity index (χ2v) is 6.00. The van der Waals surface area contributed by atoms with E-state index in [0.29, 0.717) is 5.41 Å². The third-order valence-corrected chi connectivity index (χ3v) is 5.10. The summed E-state index contributed by atoms with van der Waals surface area (Å²) in [5.74, 6) is 1.92. The minimum Gasteiger partial charge on any atom is -0.296 e. The van der Waals surface area contributed by atoms with Crippen LogP contribution in [0.25, 0.3) is 0 Å². The number of aryl methyl sites for hydroxylation is 1. The number of nitrogens with zero attached hydrogens (tertiary/aromatic N) is 1. The van der Waals surface area contributed by atoms with Crippen molar-refractivity contribution in [3.63, 3.8) is 0 Å². The van der Waals surface area contributed by atoms with Crippen LogP contribution in [0.4, 0.5) is 0 Å². The molecular formula is C17H21NO. The highest BCUT2D eigenvalue weighted by molar-refractivity contribution is 5.46. The summed E-state index contributed by atoms with van der Waals surface area (Å²) in [6.07, 6.45) is 6.63. The molecule has 1 saturated heterocycles. The zero-order valence-electron chi connectivity index (χ0n) is 11.6. The molecule has 1 aliphatic heterocycles. The van der Waals surface area contributed by atoms with Crippen LogP contribution in [-0.4, -0.2) is 30.0 Å². The molecule has 0 N–H and O–H groups in total. The Morgan fingerprint density at radius 1 is 1.26 bits per heavy atom. The molecule has 1 aromatic carbocycles. The van der Waals surface area contributed by atoms with E-state index in [-0.39, 0.29) is 6.04 Å². The molecule has 0 radical (unpaired) electrons. The Bertz CT molecular complexity index is 508. The van der Waals surface area contributed by atoms with Crippen molar-refractivity contribution in [2.75, 3.05) is 13.1 Å². The number of carbonyl (C=O) groups excluding carboxylic acids is 1. The van der Waals surface area contributed by atoms with Crippen LogP contribution in [0.2, 0.25) is 0 Å². The molecule has 2 nitrogen and oxygen atoms in total. The fourth-order valence-corrected chi connectivity index (χ4v) is 3.85. The summed E-state index contributed by atoms with van der Waals surface area (Å²) in [6, 6.07) is 9.17. The smallest absolute Gasteiger partial charge is 0.121 e. The van der Waals surface area contributed by atoms with Gasteiger partial charge in [0.1, 0.15) is 5.94 Å². The van der Waals surface area contributed by atoms with Crippen LogP contribution in [0, 0.1) is 0 Å². The predicted molar refractivity (Wildman–Crippen MR) is 77.0 cm³/mol. The fraction of sp³-hybridized carbons (Fsp3) is 0.529. The van der Waals surface area contributed by atoms with Crippen molar-refractivity contribution < 1.29 is 4.79 Å². The number of rotatable bonds is 2. The molecule has 2 heteroatoms. The summed E-state index contributed by atoms with van der Waals surface area (Å²) in [4.78, 5) is 12.9. The molecule has 1 unspecified atom stereocenters. The standard InChI is InChI=1S/C17H21NO/c1-14(7-13-19)18-11-9-17(10-12-18)8-6-15-4-2-3-5-16(15)17/h2-5,7,14H,6,8-12H2,1H3. The lowest BCUT2D eigenvalue weighted by Crippen LogP contribution is -2.44. The van der Waals surface area contributed by atoms with Gasteiger partial charge in [0.25, 0.3) is 0 Å². The monoisotopic (exact) mass is 255 g/mol. The van der Waals surface area contributed by atoms with Crippen molar-refractivity contribution in [1.82, 2.24) is 4.90 Å². The largest absolute Gasteiger partial charge is 0.296 e. The first-order valence-corrected chi connectivity index (χ1v) is 7.29. The average molecular weight is 255 g/mol. The Balaban J connectivity index is 1.76. The van der Waals surface area contributed by atoms with Crippen molar-refractivity contribution in [1.29, 1.82) is 0 Å². The molecule has 0 aromatic heterocycles. The molecule has 0 amide bonds. The molecule has 100 valence electrons. The second kappa shape index (κ2) is 4.96. The van der Waals surface area contributed by atoms with Crippen LogP contribution in [0.3, 0.4) is 0 Å². The van der Waals surface area contributed by atoms with Gasteiger partial charge in [-0.1, -0.05) is 24.3 Å². The molecule has 1 heterocycles. The lowest BCUT2D eigenvalue weighted by atomic mass is 9.73. The van der Waals surface area contributed by atoms with Crippen LogP contribution in [0.5, 0.6) is 0 Å². The van der Waals surface area contributed by atoms with Gasteiger partial charge in [-0.3, -0.25) is 4.90 Å². The lowest BCUT2D eigenvalue weighted by Gasteiger charge is -2.41. The molecule has 3 rings (SSSR count). The molecule has 0 saturated carbocycles. The zero-order valence-corrected chi connectivity index (χ0v) is 11.6. The zero-order chi connectivity index (χ0) is 13.3. The van der Waals surface area contributed by atoms with Crippen LogP contribution < -0.4 is 0 Å². The predicted octanol–water partition coefficient (Wildman–Crippen LogP) is 2.74. The summed E-state index contributed by atoms with van der Waals surface area (Å²) in [5.41, 5.74) is 3.56. The number of hydrogen-bond donors (Lipinski definition) is 0. The summed E-state index contributed by atoms with van der Waals surface area (Å²) < 4.78 is 0. The SMILES string of the molecule is CC(C=C=O)N1CCC2(CCc3ccccc32)CC1. The van der Waals surface area contributed by atoms with Gasteiger partial charge in [0.15, 0.2) is 0 Å². The number of hydrogen-bond acceptors (Lipinski definition) is 2. The van der Waals surface area contributed by atoms with E-state index in [0.717, 1.165) is 13.1 Å². The highest BCUT2D eigenvalue weighted by atomic mass is 16.1.